The van der Waals surface area contributed by atoms with Crippen LogP contribution >= 0.6 is 0 Å². The van der Waals surface area contributed by atoms with Gasteiger partial charge in [0, 0.05) is 6.42 Å². The summed E-state index contributed by atoms with van der Waals surface area (Å²) in [5, 5.41) is 0. The Morgan fingerprint density at radius 2 is 2.00 bits per heavy atom. The van der Waals surface area contributed by atoms with Crippen molar-refractivity contribution in [3.05, 3.63) is 35.6 Å². The maximum atomic E-state index is 13.1. The fourth-order valence-corrected chi connectivity index (χ4v) is 0.992. The number of Topliss-reactive ketones (excluding diaryl/α,β-unsaturated/α-hetero) is 1. The molecule has 0 heterocycles. The van der Waals surface area contributed by atoms with Gasteiger partial charge in [-0.15, -0.1) is 0 Å². The molecule has 3 nitrogen and oxygen atoms in total. The number of halogens is 1. The molecule has 0 amide bonds. The van der Waals surface area contributed by atoms with E-state index >= 15 is 0 Å². The van der Waals surface area contributed by atoms with E-state index in [1.54, 1.807) is 6.07 Å². The number of rotatable bonds is 4. The third kappa shape index (κ3) is 3.50. The van der Waals surface area contributed by atoms with Crippen molar-refractivity contribution in [3.63, 3.8) is 0 Å². The van der Waals surface area contributed by atoms with Gasteiger partial charge in [0.25, 0.3) is 0 Å². The van der Waals surface area contributed by atoms with E-state index < -0.39 is 11.8 Å². The van der Waals surface area contributed by atoms with Crippen LogP contribution in [0.2, 0.25) is 0 Å². The van der Waals surface area contributed by atoms with Crippen LogP contribution in [0.15, 0.2) is 24.3 Å². The minimum absolute atomic E-state index is 0.0114. The molecule has 80 valence electrons. The largest absolute Gasteiger partial charge is 0.462 e. The molecular weight excluding hydrogens is 199 g/mol. The second-order valence-electron chi connectivity index (χ2n) is 3.07. The normalized spacial score (nSPS) is 9.73. The van der Waals surface area contributed by atoms with Crippen LogP contribution < -0.4 is 0 Å². The van der Waals surface area contributed by atoms with Crippen LogP contribution in [0.25, 0.3) is 0 Å². The Hall–Kier alpha value is -1.71. The molecule has 15 heavy (non-hydrogen) atoms. The second-order valence-corrected chi connectivity index (χ2v) is 3.07. The highest BCUT2D eigenvalue weighted by molar-refractivity contribution is 5.89. The van der Waals surface area contributed by atoms with Crippen molar-refractivity contribution in [1.82, 2.24) is 0 Å². The van der Waals surface area contributed by atoms with Crippen LogP contribution in [0.3, 0.4) is 0 Å². The van der Waals surface area contributed by atoms with Gasteiger partial charge in [-0.25, -0.2) is 9.18 Å². The Bertz CT molecular complexity index is 374. The summed E-state index contributed by atoms with van der Waals surface area (Å²) < 4.78 is 17.8. The molecule has 0 saturated heterocycles. The van der Waals surface area contributed by atoms with E-state index in [2.05, 4.69) is 0 Å². The predicted molar refractivity (Wildman–Crippen MR) is 52.0 cm³/mol. The van der Waals surface area contributed by atoms with Crippen LogP contribution in [0, 0.1) is 5.82 Å². The van der Waals surface area contributed by atoms with E-state index in [0.717, 1.165) is 0 Å². The molecule has 0 aromatic heterocycles. The fraction of sp³-hybridized carbons (Fsp3) is 0.273. The zero-order valence-corrected chi connectivity index (χ0v) is 8.33. The second kappa shape index (κ2) is 5.24. The molecule has 0 bridgehead atoms. The molecule has 0 aliphatic carbocycles. The van der Waals surface area contributed by atoms with Gasteiger partial charge < -0.3 is 4.74 Å². The number of ketones is 1. The summed E-state index contributed by atoms with van der Waals surface area (Å²) in [7, 11) is 0. The number of benzene rings is 1. The third-order valence-electron chi connectivity index (χ3n) is 1.78. The molecule has 0 aliphatic rings. The van der Waals surface area contributed by atoms with Gasteiger partial charge >= 0.3 is 5.97 Å². The summed E-state index contributed by atoms with van der Waals surface area (Å²) >= 11 is 0. The van der Waals surface area contributed by atoms with E-state index in [1.807, 2.05) is 0 Å². The topological polar surface area (TPSA) is 43.4 Å². The Morgan fingerprint density at radius 3 is 2.60 bits per heavy atom. The van der Waals surface area contributed by atoms with Gasteiger partial charge in [-0.3, -0.25) is 4.79 Å². The van der Waals surface area contributed by atoms with Crippen LogP contribution in [-0.4, -0.2) is 18.4 Å². The lowest BCUT2D eigenvalue weighted by Gasteiger charge is -2.03. The Kier molecular flexibility index (Phi) is 3.97. The van der Waals surface area contributed by atoms with Crippen LogP contribution in [-0.2, 0) is 9.53 Å². The van der Waals surface area contributed by atoms with E-state index in [-0.39, 0.29) is 24.4 Å². The van der Waals surface area contributed by atoms with E-state index in [4.69, 9.17) is 4.74 Å². The summed E-state index contributed by atoms with van der Waals surface area (Å²) in [4.78, 5) is 21.8. The lowest BCUT2D eigenvalue weighted by molar-refractivity contribution is -0.117. The molecule has 0 fully saturated rings. The zero-order chi connectivity index (χ0) is 11.3. The molecule has 0 saturated carbocycles. The van der Waals surface area contributed by atoms with Gasteiger partial charge in [-0.2, -0.15) is 0 Å². The molecule has 1 rings (SSSR count). The van der Waals surface area contributed by atoms with Gasteiger partial charge in [0.05, 0.1) is 12.2 Å². The molecular formula is C11H11FO3. The quantitative estimate of drug-likeness (QED) is 0.713. The van der Waals surface area contributed by atoms with Gasteiger partial charge in [0.2, 0.25) is 0 Å². The van der Waals surface area contributed by atoms with Crippen LogP contribution in [0.4, 0.5) is 4.39 Å². The molecule has 1 aromatic rings. The zero-order valence-electron chi connectivity index (χ0n) is 8.33. The number of esters is 1. The van der Waals surface area contributed by atoms with Crippen molar-refractivity contribution in [2.45, 2.75) is 13.3 Å². The van der Waals surface area contributed by atoms with Crippen molar-refractivity contribution in [2.24, 2.45) is 0 Å². The van der Waals surface area contributed by atoms with Crippen molar-refractivity contribution in [1.29, 1.82) is 0 Å². The number of carbonyl (C=O) groups is 2. The van der Waals surface area contributed by atoms with Gasteiger partial charge in [-0.1, -0.05) is 12.1 Å². The number of hydrogen-bond acceptors (Lipinski definition) is 3. The first-order chi connectivity index (χ1) is 7.11. The molecule has 4 heteroatoms. The van der Waals surface area contributed by atoms with Gasteiger partial charge in [0.15, 0.2) is 0 Å². The molecule has 0 atom stereocenters. The number of hydrogen-bond donors (Lipinski definition) is 0. The van der Waals surface area contributed by atoms with E-state index in [1.165, 1.54) is 25.1 Å². The summed E-state index contributed by atoms with van der Waals surface area (Å²) in [5.74, 6) is -1.43. The van der Waals surface area contributed by atoms with Crippen molar-refractivity contribution < 1.29 is 18.7 Å². The lowest BCUT2D eigenvalue weighted by atomic mass is 10.2. The highest BCUT2D eigenvalue weighted by Crippen LogP contribution is 2.07. The Morgan fingerprint density at radius 1 is 1.33 bits per heavy atom. The average molecular weight is 210 g/mol. The number of carbonyl (C=O) groups excluding carboxylic acids is 2. The standard InChI is InChI=1S/C11H11FO3/c1-8(13)6-7-15-11(14)9-4-2-3-5-10(9)12/h2-5H,6-7H2,1H3. The van der Waals surface area contributed by atoms with E-state index in [0.29, 0.717) is 0 Å². The summed E-state index contributed by atoms with van der Waals surface area (Å²) in [5.41, 5.74) is -0.110. The van der Waals surface area contributed by atoms with Crippen molar-refractivity contribution >= 4 is 11.8 Å². The molecule has 0 spiro atoms. The summed E-state index contributed by atoms with van der Waals surface area (Å²) in [6, 6.07) is 5.55. The highest BCUT2D eigenvalue weighted by Gasteiger charge is 2.11. The first kappa shape index (κ1) is 11.4. The maximum absolute atomic E-state index is 13.1. The monoisotopic (exact) mass is 210 g/mol. The fourth-order valence-electron chi connectivity index (χ4n) is 0.992. The lowest BCUT2D eigenvalue weighted by Crippen LogP contribution is -2.10. The minimum Gasteiger partial charge on any atom is -0.462 e. The average Bonchev–Trinajstić information content (AvgIpc) is 2.17. The minimum atomic E-state index is -0.741. The van der Waals surface area contributed by atoms with Crippen molar-refractivity contribution in [2.75, 3.05) is 6.61 Å². The first-order valence-corrected chi connectivity index (χ1v) is 4.52. The molecule has 0 unspecified atom stereocenters. The molecule has 0 aliphatic heterocycles. The Balaban J connectivity index is 2.54. The first-order valence-electron chi connectivity index (χ1n) is 4.52. The summed E-state index contributed by atoms with van der Waals surface area (Å²) in [6.45, 7) is 1.39. The van der Waals surface area contributed by atoms with Crippen molar-refractivity contribution in [3.8, 4) is 0 Å². The van der Waals surface area contributed by atoms with Gasteiger partial charge in [-0.05, 0) is 19.1 Å². The number of ether oxygens (including phenoxy) is 1. The third-order valence-corrected chi connectivity index (χ3v) is 1.78. The molecule has 0 N–H and O–H groups in total. The Labute approximate surface area is 86.9 Å². The molecule has 1 aromatic carbocycles. The van der Waals surface area contributed by atoms with Crippen LogP contribution in [0.5, 0.6) is 0 Å². The maximum Gasteiger partial charge on any atom is 0.341 e. The predicted octanol–water partition coefficient (Wildman–Crippen LogP) is 1.96. The molecule has 0 radical (unpaired) electrons. The summed E-state index contributed by atoms with van der Waals surface area (Å²) in [6.07, 6.45) is 0.153. The van der Waals surface area contributed by atoms with Crippen LogP contribution in [0.1, 0.15) is 23.7 Å². The highest BCUT2D eigenvalue weighted by atomic mass is 19.1. The van der Waals surface area contributed by atoms with E-state index in [9.17, 15) is 14.0 Å². The van der Waals surface area contributed by atoms with Gasteiger partial charge in [0.1, 0.15) is 11.6 Å². The SMILES string of the molecule is CC(=O)CCOC(=O)c1ccccc1F. The smallest absolute Gasteiger partial charge is 0.341 e.